The lowest BCUT2D eigenvalue weighted by Gasteiger charge is -2.13. The summed E-state index contributed by atoms with van der Waals surface area (Å²) < 4.78 is 34.5. The van der Waals surface area contributed by atoms with E-state index in [1.54, 1.807) is 0 Å². The molecule has 0 spiro atoms. The number of halogens is 3. The van der Waals surface area contributed by atoms with E-state index < -0.39 is 24.7 Å². The Morgan fingerprint density at radius 2 is 2.09 bits per heavy atom. The van der Waals surface area contributed by atoms with Crippen LogP contribution in [0.3, 0.4) is 0 Å². The van der Waals surface area contributed by atoms with Gasteiger partial charge in [0.2, 0.25) is 5.91 Å². The highest BCUT2D eigenvalue weighted by molar-refractivity contribution is 5.72. The minimum absolute atomic E-state index is 0.603. The van der Waals surface area contributed by atoms with Crippen molar-refractivity contribution in [1.29, 1.82) is 0 Å². The molecule has 0 saturated carbocycles. The highest BCUT2D eigenvalue weighted by Gasteiger charge is 2.37. The van der Waals surface area contributed by atoms with Gasteiger partial charge in [-0.25, -0.2) is 0 Å². The van der Waals surface area contributed by atoms with Crippen LogP contribution in [0, 0.1) is 0 Å². The topological polar surface area (TPSA) is 49.3 Å². The van der Waals surface area contributed by atoms with Crippen LogP contribution in [0.15, 0.2) is 0 Å². The highest BCUT2D eigenvalue weighted by Crippen LogP contribution is 2.18. The van der Waals surface area contributed by atoms with Gasteiger partial charge in [0.25, 0.3) is 0 Å². The summed E-state index contributed by atoms with van der Waals surface area (Å²) >= 11 is 0. The maximum atomic E-state index is 11.5. The number of carbonyl (C=O) groups is 1. The summed E-state index contributed by atoms with van der Waals surface area (Å²) in [7, 11) is 0. The third kappa shape index (κ3) is 4.60. The molecule has 0 aromatic heterocycles. The number of amides is 1. The van der Waals surface area contributed by atoms with E-state index in [-0.39, 0.29) is 0 Å². The first-order chi connectivity index (χ1) is 4.84. The van der Waals surface area contributed by atoms with Crippen molar-refractivity contribution < 1.29 is 23.1 Å². The Labute approximate surface area is 61.2 Å². The molecule has 0 aromatic carbocycles. The van der Waals surface area contributed by atoms with Crippen molar-refractivity contribution in [2.24, 2.45) is 0 Å². The van der Waals surface area contributed by atoms with Crippen LogP contribution in [0.5, 0.6) is 0 Å². The summed E-state index contributed by atoms with van der Waals surface area (Å²) in [5.74, 6) is -0.603. The number of hydrogen-bond acceptors (Lipinski definition) is 2. The van der Waals surface area contributed by atoms with Gasteiger partial charge in [-0.1, -0.05) is 0 Å². The van der Waals surface area contributed by atoms with Gasteiger partial charge in [0.1, 0.15) is 0 Å². The maximum Gasteiger partial charge on any atom is 0.416 e. The van der Waals surface area contributed by atoms with Crippen LogP contribution in [0.4, 0.5) is 13.2 Å². The van der Waals surface area contributed by atoms with Gasteiger partial charge >= 0.3 is 6.18 Å². The first-order valence-electron chi connectivity index (χ1n) is 2.83. The second kappa shape index (κ2) is 3.56. The van der Waals surface area contributed by atoms with E-state index in [0.29, 0.717) is 0 Å². The SMILES string of the molecule is CC(=O)NCC(O)C(F)(F)F. The molecule has 1 atom stereocenters. The van der Waals surface area contributed by atoms with Crippen LogP contribution in [0.25, 0.3) is 0 Å². The zero-order chi connectivity index (χ0) is 9.07. The van der Waals surface area contributed by atoms with Crippen molar-refractivity contribution in [3.05, 3.63) is 0 Å². The van der Waals surface area contributed by atoms with E-state index in [4.69, 9.17) is 5.11 Å². The van der Waals surface area contributed by atoms with E-state index in [2.05, 4.69) is 0 Å². The summed E-state index contributed by atoms with van der Waals surface area (Å²) in [5.41, 5.74) is 0. The average molecular weight is 171 g/mol. The van der Waals surface area contributed by atoms with Crippen molar-refractivity contribution >= 4 is 5.91 Å². The molecule has 0 fully saturated rings. The molecule has 0 aliphatic rings. The van der Waals surface area contributed by atoms with Crippen LogP contribution >= 0.6 is 0 Å². The summed E-state index contributed by atoms with van der Waals surface area (Å²) in [6.07, 6.45) is -7.14. The van der Waals surface area contributed by atoms with Crippen molar-refractivity contribution in [1.82, 2.24) is 5.32 Å². The lowest BCUT2D eigenvalue weighted by molar-refractivity contribution is -0.201. The molecule has 0 radical (unpaired) electrons. The number of aliphatic hydroxyl groups excluding tert-OH is 1. The molecule has 0 aliphatic heterocycles. The minimum Gasteiger partial charge on any atom is -0.382 e. The fourth-order valence-corrected chi connectivity index (χ4v) is 0.356. The van der Waals surface area contributed by atoms with E-state index in [9.17, 15) is 18.0 Å². The second-order valence-corrected chi connectivity index (χ2v) is 1.99. The predicted octanol–water partition coefficient (Wildman–Crippen LogP) is 0.0457. The van der Waals surface area contributed by atoms with E-state index >= 15 is 0 Å². The largest absolute Gasteiger partial charge is 0.416 e. The Morgan fingerprint density at radius 1 is 1.64 bits per heavy atom. The Morgan fingerprint density at radius 3 is 2.36 bits per heavy atom. The number of rotatable bonds is 2. The molecule has 0 aliphatic carbocycles. The summed E-state index contributed by atoms with van der Waals surface area (Å²) in [6.45, 7) is 0.280. The number of nitrogens with one attached hydrogen (secondary N) is 1. The quantitative estimate of drug-likeness (QED) is 0.616. The molecule has 0 bridgehead atoms. The molecular formula is C5H8F3NO2. The van der Waals surface area contributed by atoms with Gasteiger partial charge in [0, 0.05) is 6.92 Å². The predicted molar refractivity (Wildman–Crippen MR) is 30.7 cm³/mol. The third-order valence-electron chi connectivity index (χ3n) is 0.922. The van der Waals surface area contributed by atoms with Crippen LogP contribution < -0.4 is 5.32 Å². The molecule has 1 unspecified atom stereocenters. The lowest BCUT2D eigenvalue weighted by atomic mass is 10.3. The molecule has 3 nitrogen and oxygen atoms in total. The fourth-order valence-electron chi connectivity index (χ4n) is 0.356. The maximum absolute atomic E-state index is 11.5. The number of alkyl halides is 3. The van der Waals surface area contributed by atoms with E-state index in [0.717, 1.165) is 6.92 Å². The number of aliphatic hydroxyl groups is 1. The number of carbonyl (C=O) groups excluding carboxylic acids is 1. The minimum atomic E-state index is -4.66. The summed E-state index contributed by atoms with van der Waals surface area (Å²) in [4.78, 5) is 10.1. The first-order valence-corrected chi connectivity index (χ1v) is 2.83. The molecule has 0 rings (SSSR count). The fraction of sp³-hybridized carbons (Fsp3) is 0.800. The van der Waals surface area contributed by atoms with Gasteiger partial charge in [-0.05, 0) is 0 Å². The summed E-state index contributed by atoms with van der Waals surface area (Å²) in [6, 6.07) is 0. The third-order valence-corrected chi connectivity index (χ3v) is 0.922. The van der Waals surface area contributed by atoms with Crippen LogP contribution in [0.1, 0.15) is 6.92 Å². The Bertz CT molecular complexity index is 145. The second-order valence-electron chi connectivity index (χ2n) is 1.99. The van der Waals surface area contributed by atoms with Gasteiger partial charge in [0.15, 0.2) is 6.10 Å². The molecule has 6 heteroatoms. The van der Waals surface area contributed by atoms with Crippen molar-refractivity contribution in [2.75, 3.05) is 6.54 Å². The number of hydrogen-bond donors (Lipinski definition) is 2. The summed E-state index contributed by atoms with van der Waals surface area (Å²) in [5, 5.41) is 10.1. The zero-order valence-electron chi connectivity index (χ0n) is 5.77. The normalized spacial score (nSPS) is 14.3. The van der Waals surface area contributed by atoms with E-state index in [1.165, 1.54) is 0 Å². The standard InChI is InChI=1S/C5H8F3NO2/c1-3(10)9-2-4(11)5(6,7)8/h4,11H,2H2,1H3,(H,9,10). The first kappa shape index (κ1) is 10.2. The van der Waals surface area contributed by atoms with Crippen LogP contribution in [-0.4, -0.2) is 29.8 Å². The van der Waals surface area contributed by atoms with Gasteiger partial charge in [-0.2, -0.15) is 13.2 Å². The molecule has 0 heterocycles. The Kier molecular flexibility index (Phi) is 3.31. The van der Waals surface area contributed by atoms with Crippen molar-refractivity contribution in [2.45, 2.75) is 19.2 Å². The Balaban J connectivity index is 3.70. The zero-order valence-corrected chi connectivity index (χ0v) is 5.77. The van der Waals surface area contributed by atoms with Crippen LogP contribution in [-0.2, 0) is 4.79 Å². The molecule has 0 aromatic rings. The van der Waals surface area contributed by atoms with E-state index in [1.807, 2.05) is 5.32 Å². The molecular weight excluding hydrogens is 163 g/mol. The lowest BCUT2D eigenvalue weighted by Crippen LogP contribution is -2.39. The molecule has 2 N–H and O–H groups in total. The molecule has 11 heavy (non-hydrogen) atoms. The van der Waals surface area contributed by atoms with Crippen LogP contribution in [0.2, 0.25) is 0 Å². The molecule has 0 saturated heterocycles. The van der Waals surface area contributed by atoms with Gasteiger partial charge in [-0.15, -0.1) is 0 Å². The van der Waals surface area contributed by atoms with Gasteiger partial charge in [-0.3, -0.25) is 4.79 Å². The van der Waals surface area contributed by atoms with Crippen molar-refractivity contribution in [3.63, 3.8) is 0 Å². The smallest absolute Gasteiger partial charge is 0.382 e. The van der Waals surface area contributed by atoms with Gasteiger partial charge < -0.3 is 10.4 Å². The Hall–Kier alpha value is -0.780. The molecule has 66 valence electrons. The van der Waals surface area contributed by atoms with Crippen molar-refractivity contribution in [3.8, 4) is 0 Å². The monoisotopic (exact) mass is 171 g/mol. The van der Waals surface area contributed by atoms with Gasteiger partial charge in [0.05, 0.1) is 6.54 Å². The highest BCUT2D eigenvalue weighted by atomic mass is 19.4. The average Bonchev–Trinajstić information content (AvgIpc) is 1.80. The molecule has 1 amide bonds.